The zero-order chi connectivity index (χ0) is 20.6. The molecule has 29 heavy (non-hydrogen) atoms. The third-order valence-electron chi connectivity index (χ3n) is 5.30. The van der Waals surface area contributed by atoms with E-state index >= 15 is 0 Å². The van der Waals surface area contributed by atoms with Gasteiger partial charge in [0.2, 0.25) is 5.91 Å². The van der Waals surface area contributed by atoms with Gasteiger partial charge in [-0.15, -0.1) is 0 Å². The number of nitrogens with one attached hydrogen (secondary N) is 2. The van der Waals surface area contributed by atoms with Crippen molar-refractivity contribution >= 4 is 11.9 Å². The summed E-state index contributed by atoms with van der Waals surface area (Å²) in [5.74, 6) is 1.02. The number of rotatable bonds is 7. The van der Waals surface area contributed by atoms with E-state index in [-0.39, 0.29) is 5.91 Å². The van der Waals surface area contributed by atoms with E-state index in [4.69, 9.17) is 4.99 Å². The van der Waals surface area contributed by atoms with E-state index in [1.54, 1.807) is 0 Å². The Kier molecular flexibility index (Phi) is 7.28. The monoisotopic (exact) mass is 392 g/mol. The molecule has 0 saturated heterocycles. The summed E-state index contributed by atoms with van der Waals surface area (Å²) >= 11 is 0. The average molecular weight is 393 g/mol. The van der Waals surface area contributed by atoms with Crippen LogP contribution in [0.1, 0.15) is 47.6 Å². The second kappa shape index (κ2) is 10.1. The highest BCUT2D eigenvalue weighted by molar-refractivity contribution is 5.80. The standard InChI is InChI=1S/C24H32N4O/c1-4-25-24(27-15-20-12-11-18(2)14-19(20)3)26-13-7-10-23(29)28-16-21-8-5-6-9-22(21)17-28/h5-6,8-9,11-12,14H,4,7,10,13,15-17H2,1-3H3,(H2,25,26,27). The third kappa shape index (κ3) is 5.83. The minimum Gasteiger partial charge on any atom is -0.357 e. The predicted octanol–water partition coefficient (Wildman–Crippen LogP) is 3.68. The van der Waals surface area contributed by atoms with Crippen molar-refractivity contribution in [1.82, 2.24) is 15.5 Å². The van der Waals surface area contributed by atoms with Crippen LogP contribution in [0.25, 0.3) is 0 Å². The molecule has 0 unspecified atom stereocenters. The molecule has 3 rings (SSSR count). The minimum absolute atomic E-state index is 0.222. The molecular weight excluding hydrogens is 360 g/mol. The Morgan fingerprint density at radius 3 is 2.45 bits per heavy atom. The minimum atomic E-state index is 0.222. The van der Waals surface area contributed by atoms with E-state index in [1.165, 1.54) is 27.8 Å². The molecule has 0 spiro atoms. The van der Waals surface area contributed by atoms with Crippen molar-refractivity contribution in [2.45, 2.75) is 53.2 Å². The first kappa shape index (κ1) is 20.9. The summed E-state index contributed by atoms with van der Waals surface area (Å²) in [5.41, 5.74) is 6.31. The number of hydrogen-bond donors (Lipinski definition) is 2. The van der Waals surface area contributed by atoms with Crippen LogP contribution in [-0.2, 0) is 24.4 Å². The highest BCUT2D eigenvalue weighted by Crippen LogP contribution is 2.22. The molecule has 0 aromatic heterocycles. The van der Waals surface area contributed by atoms with Crippen LogP contribution in [0.5, 0.6) is 0 Å². The molecule has 5 nitrogen and oxygen atoms in total. The number of amides is 1. The quantitative estimate of drug-likeness (QED) is 0.429. The number of guanidine groups is 1. The zero-order valence-corrected chi connectivity index (χ0v) is 17.8. The van der Waals surface area contributed by atoms with E-state index < -0.39 is 0 Å². The molecular formula is C24H32N4O. The summed E-state index contributed by atoms with van der Waals surface area (Å²) < 4.78 is 0. The van der Waals surface area contributed by atoms with Gasteiger partial charge in [0.15, 0.2) is 5.96 Å². The summed E-state index contributed by atoms with van der Waals surface area (Å²) in [6.07, 6.45) is 1.34. The lowest BCUT2D eigenvalue weighted by atomic mass is 10.1. The van der Waals surface area contributed by atoms with Crippen LogP contribution in [0.4, 0.5) is 0 Å². The largest absolute Gasteiger partial charge is 0.357 e. The van der Waals surface area contributed by atoms with Crippen LogP contribution in [0.3, 0.4) is 0 Å². The molecule has 0 fully saturated rings. The van der Waals surface area contributed by atoms with Crippen LogP contribution >= 0.6 is 0 Å². The maximum atomic E-state index is 12.5. The first-order chi connectivity index (χ1) is 14.1. The average Bonchev–Trinajstić information content (AvgIpc) is 3.14. The van der Waals surface area contributed by atoms with Gasteiger partial charge in [-0.05, 0) is 49.4 Å². The molecule has 1 aliphatic rings. The van der Waals surface area contributed by atoms with Gasteiger partial charge in [0.25, 0.3) is 0 Å². The lowest BCUT2D eigenvalue weighted by molar-refractivity contribution is -0.131. The Labute approximate surface area is 174 Å². The van der Waals surface area contributed by atoms with Gasteiger partial charge in [-0.1, -0.05) is 48.0 Å². The maximum Gasteiger partial charge on any atom is 0.223 e. The van der Waals surface area contributed by atoms with Crippen LogP contribution in [0.2, 0.25) is 0 Å². The first-order valence-electron chi connectivity index (χ1n) is 10.5. The number of hydrogen-bond acceptors (Lipinski definition) is 2. The van der Waals surface area contributed by atoms with Gasteiger partial charge in [-0.3, -0.25) is 4.79 Å². The molecule has 0 aliphatic carbocycles. The van der Waals surface area contributed by atoms with E-state index in [0.717, 1.165) is 38.6 Å². The molecule has 2 N–H and O–H groups in total. The summed E-state index contributed by atoms with van der Waals surface area (Å²) in [4.78, 5) is 19.2. The van der Waals surface area contributed by atoms with Crippen molar-refractivity contribution in [1.29, 1.82) is 0 Å². The van der Waals surface area contributed by atoms with Crippen molar-refractivity contribution in [3.05, 3.63) is 70.3 Å². The number of carbonyl (C=O) groups excluding carboxylic acids is 1. The van der Waals surface area contributed by atoms with Crippen molar-refractivity contribution in [2.75, 3.05) is 13.1 Å². The van der Waals surface area contributed by atoms with E-state index in [2.05, 4.69) is 61.7 Å². The van der Waals surface area contributed by atoms with Crippen molar-refractivity contribution in [2.24, 2.45) is 4.99 Å². The molecule has 154 valence electrons. The fourth-order valence-electron chi connectivity index (χ4n) is 3.64. The van der Waals surface area contributed by atoms with Crippen LogP contribution in [-0.4, -0.2) is 29.9 Å². The molecule has 0 atom stereocenters. The number of benzene rings is 2. The fourth-order valence-corrected chi connectivity index (χ4v) is 3.64. The number of aryl methyl sites for hydroxylation is 2. The summed E-state index contributed by atoms with van der Waals surface area (Å²) in [6, 6.07) is 14.8. The molecule has 0 bridgehead atoms. The highest BCUT2D eigenvalue weighted by atomic mass is 16.2. The summed E-state index contributed by atoms with van der Waals surface area (Å²) in [6.45, 7) is 9.95. The topological polar surface area (TPSA) is 56.7 Å². The van der Waals surface area contributed by atoms with E-state index in [0.29, 0.717) is 13.0 Å². The van der Waals surface area contributed by atoms with Gasteiger partial charge in [-0.2, -0.15) is 0 Å². The Balaban J connectivity index is 1.44. The van der Waals surface area contributed by atoms with Gasteiger partial charge >= 0.3 is 0 Å². The van der Waals surface area contributed by atoms with Crippen molar-refractivity contribution < 1.29 is 4.79 Å². The van der Waals surface area contributed by atoms with Crippen LogP contribution in [0, 0.1) is 13.8 Å². The molecule has 2 aromatic rings. The number of aliphatic imine (C=N–C) groups is 1. The van der Waals surface area contributed by atoms with Gasteiger partial charge in [0.05, 0.1) is 6.54 Å². The smallest absolute Gasteiger partial charge is 0.223 e. The lowest BCUT2D eigenvalue weighted by Crippen LogP contribution is -2.38. The Morgan fingerprint density at radius 1 is 1.07 bits per heavy atom. The number of carbonyl (C=O) groups is 1. The number of nitrogens with zero attached hydrogens (tertiary/aromatic N) is 2. The van der Waals surface area contributed by atoms with Gasteiger partial charge in [-0.25, -0.2) is 4.99 Å². The second-order valence-electron chi connectivity index (χ2n) is 7.67. The van der Waals surface area contributed by atoms with Crippen LogP contribution < -0.4 is 10.6 Å². The van der Waals surface area contributed by atoms with Gasteiger partial charge in [0, 0.05) is 32.6 Å². The van der Waals surface area contributed by atoms with E-state index in [9.17, 15) is 4.79 Å². The molecule has 1 aliphatic heterocycles. The van der Waals surface area contributed by atoms with Gasteiger partial charge < -0.3 is 15.5 Å². The predicted molar refractivity (Wildman–Crippen MR) is 119 cm³/mol. The zero-order valence-electron chi connectivity index (χ0n) is 17.8. The SMILES string of the molecule is CCNC(=NCc1ccc(C)cc1C)NCCCC(=O)N1Cc2ccccc2C1. The first-order valence-corrected chi connectivity index (χ1v) is 10.5. The normalized spacial score (nSPS) is 13.3. The lowest BCUT2D eigenvalue weighted by Gasteiger charge is -2.16. The Bertz CT molecular complexity index is 850. The van der Waals surface area contributed by atoms with Crippen LogP contribution in [0.15, 0.2) is 47.5 Å². The van der Waals surface area contributed by atoms with E-state index in [1.807, 2.05) is 17.0 Å². The maximum absolute atomic E-state index is 12.5. The summed E-state index contributed by atoms with van der Waals surface area (Å²) in [5, 5.41) is 6.64. The molecule has 2 aromatic carbocycles. The second-order valence-corrected chi connectivity index (χ2v) is 7.67. The summed E-state index contributed by atoms with van der Waals surface area (Å²) in [7, 11) is 0. The third-order valence-corrected chi connectivity index (χ3v) is 5.30. The molecule has 0 saturated carbocycles. The number of fused-ring (bicyclic) bond motifs is 1. The Morgan fingerprint density at radius 2 is 1.79 bits per heavy atom. The van der Waals surface area contributed by atoms with Gasteiger partial charge in [0.1, 0.15) is 0 Å². The highest BCUT2D eigenvalue weighted by Gasteiger charge is 2.22. The molecule has 1 heterocycles. The molecule has 1 amide bonds. The van der Waals surface area contributed by atoms with Crippen molar-refractivity contribution in [3.8, 4) is 0 Å². The molecule has 0 radical (unpaired) electrons. The Hall–Kier alpha value is -2.82. The fraction of sp³-hybridized carbons (Fsp3) is 0.417. The molecule has 5 heteroatoms. The van der Waals surface area contributed by atoms with Crippen molar-refractivity contribution in [3.63, 3.8) is 0 Å².